The fraction of sp³-hybridized carbons (Fsp3) is 0.424. The molecule has 0 radical (unpaired) electrons. The molecule has 2 unspecified atom stereocenters. The second-order valence-corrected chi connectivity index (χ2v) is 12.0. The summed E-state index contributed by atoms with van der Waals surface area (Å²) >= 11 is 0. The highest BCUT2D eigenvalue weighted by molar-refractivity contribution is 5.73. The quantitative estimate of drug-likeness (QED) is 0.151. The minimum atomic E-state index is -5.08. The second-order valence-electron chi connectivity index (χ2n) is 12.0. The number of rotatable bonds is 6. The van der Waals surface area contributed by atoms with Crippen LogP contribution in [0.15, 0.2) is 69.6 Å². The van der Waals surface area contributed by atoms with Crippen LogP contribution in [0.3, 0.4) is 0 Å². The molecule has 2 aromatic heterocycles. The van der Waals surface area contributed by atoms with E-state index in [0.29, 0.717) is 23.7 Å². The Labute approximate surface area is 287 Å². The molecule has 2 aromatic carbocycles. The molecule has 0 spiro atoms. The summed E-state index contributed by atoms with van der Waals surface area (Å²) in [4.78, 5) is 24.8. The number of carboxylic acid groups (broad SMARTS) is 2. The van der Waals surface area contributed by atoms with Crippen molar-refractivity contribution in [2.45, 2.75) is 69.4 Å². The van der Waals surface area contributed by atoms with Gasteiger partial charge in [-0.05, 0) is 55.9 Å². The molecule has 1 aliphatic carbocycles. The molecule has 1 saturated heterocycles. The van der Waals surface area contributed by atoms with Crippen molar-refractivity contribution in [1.82, 2.24) is 15.2 Å². The van der Waals surface area contributed by atoms with Crippen LogP contribution in [0.1, 0.15) is 44.4 Å². The molecule has 5 N–H and O–H groups in total. The molecule has 2 aliphatic rings. The van der Waals surface area contributed by atoms with Crippen molar-refractivity contribution < 1.29 is 55.0 Å². The number of benzene rings is 2. The number of nitrogens with two attached hydrogens (primary N) is 1. The Balaban J connectivity index is 0.000000353. The number of hydrogen-bond acceptors (Lipinski definition) is 10. The summed E-state index contributed by atoms with van der Waals surface area (Å²) in [6.45, 7) is 3.78. The number of hydrogen-bond donors (Lipinski definition) is 4. The number of carbonyl (C=O) groups is 2. The number of halogens is 6. The van der Waals surface area contributed by atoms with E-state index in [0.717, 1.165) is 68.5 Å². The number of nitrogens with zero attached hydrogens (tertiary/aromatic N) is 4. The monoisotopic (exact) mass is 726 g/mol. The zero-order chi connectivity index (χ0) is 37.4. The van der Waals surface area contributed by atoms with Crippen LogP contribution in [-0.4, -0.2) is 74.4 Å². The summed E-state index contributed by atoms with van der Waals surface area (Å²) in [5.41, 5.74) is 10.1. The molecule has 3 heterocycles. The van der Waals surface area contributed by atoms with E-state index in [1.807, 2.05) is 30.3 Å². The van der Waals surface area contributed by atoms with Gasteiger partial charge >= 0.3 is 24.3 Å². The van der Waals surface area contributed by atoms with Crippen LogP contribution in [-0.2, 0) is 9.59 Å². The van der Waals surface area contributed by atoms with E-state index < -0.39 is 24.3 Å². The van der Waals surface area contributed by atoms with Crippen molar-refractivity contribution in [3.63, 3.8) is 0 Å². The molecule has 1 saturated carbocycles. The molecule has 0 amide bonds. The Hall–Kier alpha value is -5.13. The van der Waals surface area contributed by atoms with Gasteiger partial charge in [-0.15, -0.1) is 10.2 Å². The van der Waals surface area contributed by atoms with Crippen molar-refractivity contribution in [2.24, 2.45) is 11.7 Å². The molecule has 276 valence electrons. The lowest BCUT2D eigenvalue weighted by atomic mass is 9.67. The third kappa shape index (κ3) is 10.4. The number of alkyl halides is 6. The Bertz CT molecular complexity index is 1710. The van der Waals surface area contributed by atoms with Gasteiger partial charge in [-0.25, -0.2) is 14.6 Å². The van der Waals surface area contributed by atoms with Gasteiger partial charge in [0.25, 0.3) is 6.01 Å². The number of aliphatic carboxylic acids is 2. The standard InChI is InChI=1S/C29H34N6O2.2C2HF3O2/c1-20-33-34-27(36-20)22-12-14-24(15-13-22)35-17-7-10-23(19-35)29(30)16-6-5-11-26(29)32-28-31-18-25(37-28)21-8-3-2-4-9-21;2*3-2(4,5)1(6)7/h2-4,8-9,12-15,18,23,26H,5-7,10-11,16-17,19,30H2,1H3,(H,31,32);2*(H,6,7)/t23-,26?,29?;;/m0../s1. The average Bonchev–Trinajstić information content (AvgIpc) is 3.75. The van der Waals surface area contributed by atoms with E-state index in [1.54, 1.807) is 13.1 Å². The van der Waals surface area contributed by atoms with Crippen molar-refractivity contribution >= 4 is 23.6 Å². The minimum Gasteiger partial charge on any atom is -0.475 e. The van der Waals surface area contributed by atoms with Crippen molar-refractivity contribution in [3.8, 4) is 22.8 Å². The first-order chi connectivity index (χ1) is 24.0. The summed E-state index contributed by atoms with van der Waals surface area (Å²) in [5.74, 6) is -3.24. The Kier molecular flexibility index (Phi) is 12.3. The van der Waals surface area contributed by atoms with Gasteiger partial charge in [0, 0.05) is 48.4 Å². The highest BCUT2D eigenvalue weighted by Crippen LogP contribution is 2.40. The Morgan fingerprint density at radius 3 is 2.08 bits per heavy atom. The number of oxazole rings is 1. The van der Waals surface area contributed by atoms with E-state index >= 15 is 0 Å². The summed E-state index contributed by atoms with van der Waals surface area (Å²) < 4.78 is 75.1. The van der Waals surface area contributed by atoms with Gasteiger partial charge in [-0.2, -0.15) is 26.3 Å². The van der Waals surface area contributed by atoms with Crippen LogP contribution in [0, 0.1) is 12.8 Å². The SMILES string of the molecule is Cc1nnc(-c2ccc(N3CCC[C@H](C4(N)CCCCC4Nc4ncc(-c5ccccc5)o4)C3)cc2)o1.O=C(O)C(F)(F)F.O=C(O)C(F)(F)F. The van der Waals surface area contributed by atoms with E-state index in [1.165, 1.54) is 5.69 Å². The Morgan fingerprint density at radius 1 is 0.882 bits per heavy atom. The molecule has 6 rings (SSSR count). The summed E-state index contributed by atoms with van der Waals surface area (Å²) in [6, 6.07) is 19.2. The fourth-order valence-electron chi connectivity index (χ4n) is 6.02. The van der Waals surface area contributed by atoms with Crippen molar-refractivity contribution in [3.05, 3.63) is 66.7 Å². The van der Waals surface area contributed by atoms with Gasteiger partial charge in [0.2, 0.25) is 11.8 Å². The van der Waals surface area contributed by atoms with Gasteiger partial charge in [0.05, 0.1) is 6.20 Å². The lowest BCUT2D eigenvalue weighted by Gasteiger charge is -2.50. The fourth-order valence-corrected chi connectivity index (χ4v) is 6.02. The topological polar surface area (TPSA) is 181 Å². The number of carboxylic acids is 2. The molecule has 51 heavy (non-hydrogen) atoms. The van der Waals surface area contributed by atoms with Crippen molar-refractivity contribution in [2.75, 3.05) is 23.3 Å². The molecular formula is C33H36F6N6O6. The number of anilines is 2. The van der Waals surface area contributed by atoms with Crippen LogP contribution in [0.5, 0.6) is 0 Å². The predicted octanol–water partition coefficient (Wildman–Crippen LogP) is 6.94. The van der Waals surface area contributed by atoms with E-state index in [2.05, 4.69) is 49.7 Å². The van der Waals surface area contributed by atoms with Gasteiger partial charge in [-0.1, -0.05) is 43.2 Å². The largest absolute Gasteiger partial charge is 0.490 e. The number of aryl methyl sites for hydroxylation is 1. The average molecular weight is 727 g/mol. The van der Waals surface area contributed by atoms with Crippen LogP contribution >= 0.6 is 0 Å². The number of piperidine rings is 1. The maximum absolute atomic E-state index is 10.6. The molecule has 0 bridgehead atoms. The van der Waals surface area contributed by atoms with Crippen LogP contribution in [0.25, 0.3) is 22.8 Å². The van der Waals surface area contributed by atoms with Crippen LogP contribution < -0.4 is 16.0 Å². The van der Waals surface area contributed by atoms with E-state index in [4.69, 9.17) is 34.4 Å². The summed E-state index contributed by atoms with van der Waals surface area (Å²) in [6.07, 6.45) is -1.77. The zero-order valence-electron chi connectivity index (χ0n) is 27.2. The predicted molar refractivity (Wildman–Crippen MR) is 172 cm³/mol. The second kappa shape index (κ2) is 16.3. The molecule has 18 heteroatoms. The number of nitrogens with one attached hydrogen (secondary N) is 1. The first-order valence-electron chi connectivity index (χ1n) is 15.8. The summed E-state index contributed by atoms with van der Waals surface area (Å²) in [5, 5.41) is 25.9. The molecule has 2 fully saturated rings. The van der Waals surface area contributed by atoms with Gasteiger partial charge in [0.15, 0.2) is 5.76 Å². The molecule has 3 atom stereocenters. The lowest BCUT2D eigenvalue weighted by Crippen LogP contribution is -2.63. The highest BCUT2D eigenvalue weighted by atomic mass is 19.4. The normalized spacial score (nSPS) is 20.7. The zero-order valence-corrected chi connectivity index (χ0v) is 27.2. The van der Waals surface area contributed by atoms with Gasteiger partial charge in [-0.3, -0.25) is 0 Å². The first kappa shape index (κ1) is 38.7. The molecule has 4 aromatic rings. The van der Waals surface area contributed by atoms with Gasteiger partial charge in [0.1, 0.15) is 0 Å². The number of aromatic nitrogens is 3. The van der Waals surface area contributed by atoms with Crippen LogP contribution in [0.4, 0.5) is 38.0 Å². The maximum atomic E-state index is 10.6. The van der Waals surface area contributed by atoms with E-state index in [9.17, 15) is 26.3 Å². The minimum absolute atomic E-state index is 0.122. The molecule has 12 nitrogen and oxygen atoms in total. The van der Waals surface area contributed by atoms with Crippen molar-refractivity contribution in [1.29, 1.82) is 0 Å². The van der Waals surface area contributed by atoms with Gasteiger partial charge < -0.3 is 35.0 Å². The molecule has 1 aliphatic heterocycles. The third-order valence-electron chi connectivity index (χ3n) is 8.53. The highest BCUT2D eigenvalue weighted by Gasteiger charge is 2.45. The van der Waals surface area contributed by atoms with E-state index in [-0.39, 0.29) is 11.6 Å². The Morgan fingerprint density at radius 2 is 1.51 bits per heavy atom. The molecular weight excluding hydrogens is 690 g/mol. The third-order valence-corrected chi connectivity index (χ3v) is 8.53. The lowest BCUT2D eigenvalue weighted by molar-refractivity contribution is -0.193. The smallest absolute Gasteiger partial charge is 0.475 e. The first-order valence-corrected chi connectivity index (χ1v) is 15.8. The summed E-state index contributed by atoms with van der Waals surface area (Å²) in [7, 11) is 0. The maximum Gasteiger partial charge on any atom is 0.490 e. The van der Waals surface area contributed by atoms with Crippen LogP contribution in [0.2, 0.25) is 0 Å².